The van der Waals surface area contributed by atoms with Gasteiger partial charge in [-0.2, -0.15) is 0 Å². The number of carbonyl (C=O) groups is 1. The first kappa shape index (κ1) is 15.8. The first-order chi connectivity index (χ1) is 8.89. The SMILES string of the molecule is CCOC(=O)c1sc(NCCS(=O)(=O)CC)cc1N. The highest BCUT2D eigenvalue weighted by molar-refractivity contribution is 7.91. The van der Waals surface area contributed by atoms with Crippen LogP contribution in [0.25, 0.3) is 0 Å². The van der Waals surface area contributed by atoms with E-state index in [1.807, 2.05) is 0 Å². The molecule has 0 saturated carbocycles. The number of hydrogen-bond acceptors (Lipinski definition) is 7. The van der Waals surface area contributed by atoms with Gasteiger partial charge in [0.15, 0.2) is 9.84 Å². The van der Waals surface area contributed by atoms with Crippen molar-refractivity contribution in [2.45, 2.75) is 13.8 Å². The number of rotatable bonds is 7. The van der Waals surface area contributed by atoms with E-state index in [0.29, 0.717) is 22.1 Å². The third-order valence-electron chi connectivity index (χ3n) is 2.37. The van der Waals surface area contributed by atoms with Crippen LogP contribution in [0.1, 0.15) is 23.5 Å². The first-order valence-corrected chi connectivity index (χ1v) is 8.54. The lowest BCUT2D eigenvalue weighted by Crippen LogP contribution is -2.16. The Bertz CT molecular complexity index is 537. The summed E-state index contributed by atoms with van der Waals surface area (Å²) in [6, 6.07) is 1.61. The number of nitrogens with two attached hydrogens (primary N) is 1. The third kappa shape index (κ3) is 4.71. The summed E-state index contributed by atoms with van der Waals surface area (Å²) in [6.45, 7) is 3.90. The van der Waals surface area contributed by atoms with Crippen molar-refractivity contribution in [3.8, 4) is 0 Å². The third-order valence-corrected chi connectivity index (χ3v) is 5.17. The van der Waals surface area contributed by atoms with Crippen molar-refractivity contribution < 1.29 is 17.9 Å². The average molecular weight is 306 g/mol. The fourth-order valence-electron chi connectivity index (χ4n) is 1.32. The highest BCUT2D eigenvalue weighted by Crippen LogP contribution is 2.29. The van der Waals surface area contributed by atoms with Crippen molar-refractivity contribution in [1.82, 2.24) is 0 Å². The van der Waals surface area contributed by atoms with Crippen molar-refractivity contribution in [1.29, 1.82) is 0 Å². The zero-order valence-electron chi connectivity index (χ0n) is 10.9. The number of sulfone groups is 1. The van der Waals surface area contributed by atoms with Crippen molar-refractivity contribution >= 4 is 37.8 Å². The van der Waals surface area contributed by atoms with Crippen LogP contribution in [0.15, 0.2) is 6.07 Å². The maximum atomic E-state index is 11.5. The molecule has 6 nitrogen and oxygen atoms in total. The zero-order valence-corrected chi connectivity index (χ0v) is 12.6. The van der Waals surface area contributed by atoms with Gasteiger partial charge in [-0.25, -0.2) is 13.2 Å². The summed E-state index contributed by atoms with van der Waals surface area (Å²) in [4.78, 5) is 11.9. The van der Waals surface area contributed by atoms with Gasteiger partial charge in [0.05, 0.1) is 23.0 Å². The summed E-state index contributed by atoms with van der Waals surface area (Å²) in [5, 5.41) is 3.60. The Hall–Kier alpha value is -1.28. The number of anilines is 2. The van der Waals surface area contributed by atoms with E-state index in [1.165, 1.54) is 0 Å². The Kier molecular flexibility index (Phi) is 5.61. The predicted molar refractivity (Wildman–Crippen MR) is 77.5 cm³/mol. The predicted octanol–water partition coefficient (Wildman–Crippen LogP) is 1.35. The summed E-state index contributed by atoms with van der Waals surface area (Å²) in [5.41, 5.74) is 6.04. The van der Waals surface area contributed by atoms with Gasteiger partial charge < -0.3 is 15.8 Å². The van der Waals surface area contributed by atoms with Gasteiger partial charge in [-0.3, -0.25) is 0 Å². The highest BCUT2D eigenvalue weighted by atomic mass is 32.2. The second-order valence-electron chi connectivity index (χ2n) is 3.78. The van der Waals surface area contributed by atoms with Crippen LogP contribution in [0.3, 0.4) is 0 Å². The topological polar surface area (TPSA) is 98.5 Å². The molecule has 0 aliphatic rings. The molecular weight excluding hydrogens is 288 g/mol. The Morgan fingerprint density at radius 3 is 2.74 bits per heavy atom. The second kappa shape index (κ2) is 6.76. The van der Waals surface area contributed by atoms with Crippen LogP contribution < -0.4 is 11.1 Å². The number of esters is 1. The number of carbonyl (C=O) groups excluding carboxylic acids is 1. The lowest BCUT2D eigenvalue weighted by atomic mass is 10.4. The summed E-state index contributed by atoms with van der Waals surface area (Å²) < 4.78 is 27.5. The minimum Gasteiger partial charge on any atom is -0.462 e. The maximum Gasteiger partial charge on any atom is 0.350 e. The fraction of sp³-hybridized carbons (Fsp3) is 0.545. The van der Waals surface area contributed by atoms with Crippen LogP contribution in [0.5, 0.6) is 0 Å². The van der Waals surface area contributed by atoms with E-state index < -0.39 is 15.8 Å². The second-order valence-corrected chi connectivity index (χ2v) is 7.30. The van der Waals surface area contributed by atoms with Crippen molar-refractivity contribution in [3.63, 3.8) is 0 Å². The molecule has 1 rings (SSSR count). The van der Waals surface area contributed by atoms with Crippen LogP contribution >= 0.6 is 11.3 Å². The van der Waals surface area contributed by atoms with Crippen LogP contribution in [0.2, 0.25) is 0 Å². The monoisotopic (exact) mass is 306 g/mol. The molecule has 1 aromatic heterocycles. The quantitative estimate of drug-likeness (QED) is 0.738. The average Bonchev–Trinajstić information content (AvgIpc) is 2.71. The maximum absolute atomic E-state index is 11.5. The van der Waals surface area contributed by atoms with Gasteiger partial charge in [0.2, 0.25) is 0 Å². The summed E-state index contributed by atoms with van der Waals surface area (Å²) >= 11 is 1.16. The Morgan fingerprint density at radius 1 is 1.47 bits per heavy atom. The number of hydrogen-bond donors (Lipinski definition) is 2. The van der Waals surface area contributed by atoms with E-state index in [2.05, 4.69) is 5.32 Å². The molecule has 0 atom stereocenters. The van der Waals surface area contributed by atoms with Gasteiger partial charge in [-0.15, -0.1) is 11.3 Å². The number of nitrogen functional groups attached to an aromatic ring is 1. The Balaban J connectivity index is 2.62. The van der Waals surface area contributed by atoms with E-state index >= 15 is 0 Å². The summed E-state index contributed by atoms with van der Waals surface area (Å²) in [7, 11) is -3.00. The van der Waals surface area contributed by atoms with Crippen LogP contribution in [-0.4, -0.2) is 39.0 Å². The van der Waals surface area contributed by atoms with Crippen molar-refractivity contribution in [3.05, 3.63) is 10.9 Å². The van der Waals surface area contributed by atoms with E-state index in [9.17, 15) is 13.2 Å². The Labute approximate surface area is 116 Å². The van der Waals surface area contributed by atoms with Gasteiger partial charge in [-0.1, -0.05) is 6.92 Å². The van der Waals surface area contributed by atoms with Crippen LogP contribution in [0, 0.1) is 0 Å². The zero-order chi connectivity index (χ0) is 14.5. The number of thiophene rings is 1. The molecule has 0 radical (unpaired) electrons. The molecule has 1 heterocycles. The number of ether oxygens (including phenoxy) is 1. The summed E-state index contributed by atoms with van der Waals surface area (Å²) in [6.07, 6.45) is 0. The minimum absolute atomic E-state index is 0.0516. The molecule has 108 valence electrons. The molecule has 0 aliphatic heterocycles. The van der Waals surface area contributed by atoms with Crippen molar-refractivity contribution in [2.24, 2.45) is 0 Å². The van der Waals surface area contributed by atoms with E-state index in [4.69, 9.17) is 10.5 Å². The molecule has 19 heavy (non-hydrogen) atoms. The van der Waals surface area contributed by atoms with Crippen LogP contribution in [0.4, 0.5) is 10.7 Å². The van der Waals surface area contributed by atoms with E-state index in [0.717, 1.165) is 11.3 Å². The smallest absolute Gasteiger partial charge is 0.350 e. The lowest BCUT2D eigenvalue weighted by molar-refractivity contribution is 0.0533. The van der Waals surface area contributed by atoms with Gasteiger partial charge in [0.25, 0.3) is 0 Å². The van der Waals surface area contributed by atoms with Gasteiger partial charge in [0.1, 0.15) is 4.88 Å². The van der Waals surface area contributed by atoms with E-state index in [-0.39, 0.29) is 18.1 Å². The van der Waals surface area contributed by atoms with Crippen LogP contribution in [-0.2, 0) is 14.6 Å². The van der Waals surface area contributed by atoms with E-state index in [1.54, 1.807) is 19.9 Å². The van der Waals surface area contributed by atoms with Gasteiger partial charge in [-0.05, 0) is 13.0 Å². The van der Waals surface area contributed by atoms with Gasteiger partial charge >= 0.3 is 5.97 Å². The minimum atomic E-state index is -3.00. The molecule has 0 aromatic carbocycles. The van der Waals surface area contributed by atoms with Crippen molar-refractivity contribution in [2.75, 3.05) is 35.7 Å². The number of nitrogens with one attached hydrogen (secondary N) is 1. The molecular formula is C11H18N2O4S2. The van der Waals surface area contributed by atoms with Gasteiger partial charge in [0, 0.05) is 12.3 Å². The molecule has 0 unspecified atom stereocenters. The molecule has 1 aromatic rings. The molecule has 3 N–H and O–H groups in total. The Morgan fingerprint density at radius 2 is 2.16 bits per heavy atom. The highest BCUT2D eigenvalue weighted by Gasteiger charge is 2.15. The molecule has 0 fully saturated rings. The molecule has 0 spiro atoms. The fourth-order valence-corrected chi connectivity index (χ4v) is 2.92. The molecule has 0 bridgehead atoms. The molecule has 0 aliphatic carbocycles. The standard InChI is InChI=1S/C11H18N2O4S2/c1-3-17-11(14)10-8(12)7-9(18-10)13-5-6-19(15,16)4-2/h7,13H,3-6,12H2,1-2H3. The molecule has 0 saturated heterocycles. The normalized spacial score (nSPS) is 11.3. The largest absolute Gasteiger partial charge is 0.462 e. The lowest BCUT2D eigenvalue weighted by Gasteiger charge is -2.03. The molecule has 0 amide bonds. The summed E-state index contributed by atoms with van der Waals surface area (Å²) in [5.74, 6) is -0.287. The molecule has 8 heteroatoms. The first-order valence-electron chi connectivity index (χ1n) is 5.90.